The number of carbonyl (C=O) groups is 1. The molecule has 0 radical (unpaired) electrons. The molecule has 2 N–H and O–H groups in total. The highest BCUT2D eigenvalue weighted by Crippen LogP contribution is 2.16. The molecule has 2 rings (SSSR count). The van der Waals surface area contributed by atoms with E-state index in [1.807, 2.05) is 6.07 Å². The Hall–Kier alpha value is -1.88. The van der Waals surface area contributed by atoms with Crippen molar-refractivity contribution in [2.24, 2.45) is 0 Å². The first-order valence-electron chi connectivity index (χ1n) is 5.74. The van der Waals surface area contributed by atoms with Gasteiger partial charge in [0.1, 0.15) is 5.69 Å². The van der Waals surface area contributed by atoms with Crippen LogP contribution in [0.1, 0.15) is 27.2 Å². The van der Waals surface area contributed by atoms with Crippen LogP contribution in [-0.2, 0) is 13.0 Å². The zero-order valence-corrected chi connectivity index (χ0v) is 10.8. The standard InChI is InChI=1S/C13H14N2O2S/c1-2-9-6-7-10(18-9)8-14-13(17)11-4-3-5-12(16)15-11/h3-7H,2,8H2,1H3,(H,14,17)(H,15,16). The molecule has 2 aromatic heterocycles. The molecule has 0 aliphatic rings. The number of aryl methyl sites for hydroxylation is 1. The summed E-state index contributed by atoms with van der Waals surface area (Å²) < 4.78 is 0. The van der Waals surface area contributed by atoms with E-state index in [2.05, 4.69) is 23.3 Å². The molecular weight excluding hydrogens is 248 g/mol. The lowest BCUT2D eigenvalue weighted by Gasteiger charge is -2.02. The molecule has 1 amide bonds. The third-order valence-electron chi connectivity index (χ3n) is 2.50. The molecule has 0 spiro atoms. The Morgan fingerprint density at radius 2 is 2.06 bits per heavy atom. The number of aromatic amines is 1. The van der Waals surface area contributed by atoms with E-state index in [4.69, 9.17) is 0 Å². The average Bonchev–Trinajstić information content (AvgIpc) is 2.84. The number of pyridine rings is 1. The maximum absolute atomic E-state index is 11.8. The van der Waals surface area contributed by atoms with Gasteiger partial charge in [0.2, 0.25) is 5.56 Å². The third-order valence-corrected chi connectivity index (χ3v) is 3.73. The second kappa shape index (κ2) is 5.64. The number of H-pyrrole nitrogens is 1. The second-order valence-electron chi connectivity index (χ2n) is 3.83. The zero-order valence-electron chi connectivity index (χ0n) is 10.0. The topological polar surface area (TPSA) is 62.0 Å². The summed E-state index contributed by atoms with van der Waals surface area (Å²) in [5.74, 6) is -0.265. The summed E-state index contributed by atoms with van der Waals surface area (Å²) in [7, 11) is 0. The van der Waals surface area contributed by atoms with E-state index in [1.165, 1.54) is 10.9 Å². The number of aromatic nitrogens is 1. The van der Waals surface area contributed by atoms with Crippen LogP contribution in [0.15, 0.2) is 35.1 Å². The van der Waals surface area contributed by atoms with Crippen molar-refractivity contribution in [1.29, 1.82) is 0 Å². The fraction of sp³-hybridized carbons (Fsp3) is 0.231. The van der Waals surface area contributed by atoms with E-state index in [-0.39, 0.29) is 17.2 Å². The fourth-order valence-corrected chi connectivity index (χ4v) is 2.45. The Labute approximate surface area is 109 Å². The van der Waals surface area contributed by atoms with Crippen LogP contribution < -0.4 is 10.9 Å². The minimum Gasteiger partial charge on any atom is -0.346 e. The maximum atomic E-state index is 11.8. The molecule has 2 heterocycles. The monoisotopic (exact) mass is 262 g/mol. The Balaban J connectivity index is 1.98. The van der Waals surface area contributed by atoms with Gasteiger partial charge in [0.25, 0.3) is 5.91 Å². The number of hydrogen-bond acceptors (Lipinski definition) is 3. The van der Waals surface area contributed by atoms with Gasteiger partial charge in [-0.15, -0.1) is 11.3 Å². The molecule has 18 heavy (non-hydrogen) atoms. The van der Waals surface area contributed by atoms with Crippen molar-refractivity contribution in [1.82, 2.24) is 10.3 Å². The van der Waals surface area contributed by atoms with Crippen LogP contribution in [0.25, 0.3) is 0 Å². The van der Waals surface area contributed by atoms with E-state index < -0.39 is 0 Å². The van der Waals surface area contributed by atoms with Crippen LogP contribution in [0.5, 0.6) is 0 Å². The van der Waals surface area contributed by atoms with Crippen LogP contribution >= 0.6 is 11.3 Å². The summed E-state index contributed by atoms with van der Waals surface area (Å²) in [4.78, 5) is 27.8. The minimum absolute atomic E-state index is 0.265. The molecule has 0 aliphatic carbocycles. The summed E-state index contributed by atoms with van der Waals surface area (Å²) in [5, 5.41) is 2.78. The summed E-state index contributed by atoms with van der Waals surface area (Å²) in [6.07, 6.45) is 1.00. The van der Waals surface area contributed by atoms with Gasteiger partial charge in [-0.3, -0.25) is 9.59 Å². The molecule has 0 fully saturated rings. The predicted molar refractivity (Wildman–Crippen MR) is 71.9 cm³/mol. The molecule has 2 aromatic rings. The average molecular weight is 262 g/mol. The summed E-state index contributed by atoms with van der Waals surface area (Å²) >= 11 is 1.69. The van der Waals surface area contributed by atoms with Gasteiger partial charge >= 0.3 is 0 Å². The van der Waals surface area contributed by atoms with Crippen LogP contribution in [0.4, 0.5) is 0 Å². The summed E-state index contributed by atoms with van der Waals surface area (Å²) in [6, 6.07) is 8.61. The second-order valence-corrected chi connectivity index (χ2v) is 5.09. The quantitative estimate of drug-likeness (QED) is 0.884. The number of carbonyl (C=O) groups excluding carboxylic acids is 1. The van der Waals surface area contributed by atoms with E-state index in [9.17, 15) is 9.59 Å². The molecule has 0 aliphatic heterocycles. The number of thiophene rings is 1. The van der Waals surface area contributed by atoms with Gasteiger partial charge in [0.05, 0.1) is 6.54 Å². The van der Waals surface area contributed by atoms with Crippen LogP contribution in [0.3, 0.4) is 0 Å². The summed E-state index contributed by atoms with van der Waals surface area (Å²) in [6.45, 7) is 2.59. The highest BCUT2D eigenvalue weighted by Gasteiger charge is 2.06. The smallest absolute Gasteiger partial charge is 0.268 e. The SMILES string of the molecule is CCc1ccc(CNC(=O)c2cccc(=O)[nH]2)s1. The lowest BCUT2D eigenvalue weighted by molar-refractivity contribution is 0.0946. The van der Waals surface area contributed by atoms with Gasteiger partial charge in [0, 0.05) is 15.8 Å². The highest BCUT2D eigenvalue weighted by atomic mass is 32.1. The van der Waals surface area contributed by atoms with Crippen LogP contribution in [0.2, 0.25) is 0 Å². The Kier molecular flexibility index (Phi) is 3.94. The van der Waals surface area contributed by atoms with E-state index >= 15 is 0 Å². The third kappa shape index (κ3) is 3.07. The van der Waals surface area contributed by atoms with Crippen molar-refractivity contribution in [3.63, 3.8) is 0 Å². The molecule has 94 valence electrons. The summed E-state index contributed by atoms with van der Waals surface area (Å²) in [5.41, 5.74) is 0.0156. The Morgan fingerprint density at radius 1 is 1.28 bits per heavy atom. The Morgan fingerprint density at radius 3 is 2.72 bits per heavy atom. The predicted octanol–water partition coefficient (Wildman–Crippen LogP) is 1.93. The molecule has 4 nitrogen and oxygen atoms in total. The van der Waals surface area contributed by atoms with Crippen molar-refractivity contribution in [3.05, 3.63) is 56.1 Å². The first kappa shape index (κ1) is 12.6. The zero-order chi connectivity index (χ0) is 13.0. The van der Waals surface area contributed by atoms with Crippen molar-refractivity contribution in [2.45, 2.75) is 19.9 Å². The van der Waals surface area contributed by atoms with Crippen molar-refractivity contribution >= 4 is 17.2 Å². The molecular formula is C13H14N2O2S. The minimum atomic E-state index is -0.271. The maximum Gasteiger partial charge on any atom is 0.268 e. The fourth-order valence-electron chi connectivity index (χ4n) is 1.55. The van der Waals surface area contributed by atoms with Crippen LogP contribution in [-0.4, -0.2) is 10.9 Å². The molecule has 0 saturated carbocycles. The lowest BCUT2D eigenvalue weighted by Crippen LogP contribution is -2.25. The molecule has 0 unspecified atom stereocenters. The lowest BCUT2D eigenvalue weighted by atomic mass is 10.3. The van der Waals surface area contributed by atoms with Crippen molar-refractivity contribution in [3.8, 4) is 0 Å². The normalized spacial score (nSPS) is 10.3. The van der Waals surface area contributed by atoms with Crippen LogP contribution in [0, 0.1) is 0 Å². The van der Waals surface area contributed by atoms with Gasteiger partial charge in [0.15, 0.2) is 0 Å². The van der Waals surface area contributed by atoms with E-state index in [1.54, 1.807) is 23.5 Å². The Bertz CT molecular complexity index is 601. The number of hydrogen-bond donors (Lipinski definition) is 2. The first-order valence-corrected chi connectivity index (χ1v) is 6.56. The number of rotatable bonds is 4. The molecule has 0 saturated heterocycles. The largest absolute Gasteiger partial charge is 0.346 e. The van der Waals surface area contributed by atoms with Gasteiger partial charge in [-0.25, -0.2) is 0 Å². The number of nitrogens with one attached hydrogen (secondary N) is 2. The highest BCUT2D eigenvalue weighted by molar-refractivity contribution is 7.11. The molecule has 0 aromatic carbocycles. The molecule has 0 bridgehead atoms. The van der Waals surface area contributed by atoms with E-state index in [0.29, 0.717) is 6.54 Å². The number of amides is 1. The van der Waals surface area contributed by atoms with Gasteiger partial charge in [-0.1, -0.05) is 13.0 Å². The van der Waals surface area contributed by atoms with Gasteiger partial charge in [-0.2, -0.15) is 0 Å². The van der Waals surface area contributed by atoms with Gasteiger partial charge < -0.3 is 10.3 Å². The van der Waals surface area contributed by atoms with E-state index in [0.717, 1.165) is 11.3 Å². The molecule has 0 atom stereocenters. The van der Waals surface area contributed by atoms with Crippen molar-refractivity contribution < 1.29 is 4.79 Å². The van der Waals surface area contributed by atoms with Gasteiger partial charge in [-0.05, 0) is 24.6 Å². The van der Waals surface area contributed by atoms with Crippen molar-refractivity contribution in [2.75, 3.05) is 0 Å². The molecule has 5 heteroatoms. The first-order chi connectivity index (χ1) is 8.69.